The van der Waals surface area contributed by atoms with Gasteiger partial charge in [-0.2, -0.15) is 0 Å². The van der Waals surface area contributed by atoms with Crippen LogP contribution in [0.1, 0.15) is 21.7 Å². The maximum atomic E-state index is 11.6. The van der Waals surface area contributed by atoms with Gasteiger partial charge in [0.05, 0.1) is 26.9 Å². The highest BCUT2D eigenvalue weighted by Gasteiger charge is 2.21. The van der Waals surface area contributed by atoms with Crippen LogP contribution in [0.2, 0.25) is 0 Å². The molecule has 0 fully saturated rings. The van der Waals surface area contributed by atoms with Gasteiger partial charge in [-0.3, -0.25) is 0 Å². The van der Waals surface area contributed by atoms with Gasteiger partial charge in [0, 0.05) is 11.8 Å². The molecular formula is C19H18O6. The van der Waals surface area contributed by atoms with Crippen molar-refractivity contribution < 1.29 is 28.5 Å². The highest BCUT2D eigenvalue weighted by molar-refractivity contribution is 6.05. The number of methoxy groups -OCH3 is 3. The Morgan fingerprint density at radius 3 is 2.32 bits per heavy atom. The highest BCUT2D eigenvalue weighted by Crippen LogP contribution is 2.40. The first kappa shape index (κ1) is 16.7. The van der Waals surface area contributed by atoms with Crippen molar-refractivity contribution in [3.63, 3.8) is 0 Å². The van der Waals surface area contributed by atoms with Crippen molar-refractivity contribution in [2.75, 3.05) is 21.3 Å². The number of aromatic carboxylic acids is 1. The van der Waals surface area contributed by atoms with Crippen LogP contribution in [0.4, 0.5) is 0 Å². The van der Waals surface area contributed by atoms with E-state index in [1.165, 1.54) is 20.3 Å². The van der Waals surface area contributed by atoms with Crippen LogP contribution in [0.15, 0.2) is 40.8 Å². The van der Waals surface area contributed by atoms with Crippen molar-refractivity contribution in [2.45, 2.75) is 6.42 Å². The Balaban J connectivity index is 2.08. The second-order valence-corrected chi connectivity index (χ2v) is 5.45. The van der Waals surface area contributed by atoms with Crippen LogP contribution in [-0.2, 0) is 6.42 Å². The van der Waals surface area contributed by atoms with E-state index in [2.05, 4.69) is 0 Å². The molecule has 25 heavy (non-hydrogen) atoms. The van der Waals surface area contributed by atoms with Gasteiger partial charge in [-0.25, -0.2) is 4.79 Å². The Morgan fingerprint density at radius 1 is 1.04 bits per heavy atom. The molecule has 0 bridgehead atoms. The van der Waals surface area contributed by atoms with E-state index in [4.69, 9.17) is 18.6 Å². The van der Waals surface area contributed by atoms with Crippen molar-refractivity contribution >= 4 is 16.9 Å². The number of hydrogen-bond acceptors (Lipinski definition) is 5. The van der Waals surface area contributed by atoms with Crippen molar-refractivity contribution in [1.82, 2.24) is 0 Å². The fraction of sp³-hybridized carbons (Fsp3) is 0.211. The van der Waals surface area contributed by atoms with E-state index < -0.39 is 5.97 Å². The smallest absolute Gasteiger partial charge is 0.336 e. The van der Waals surface area contributed by atoms with E-state index in [0.29, 0.717) is 34.6 Å². The van der Waals surface area contributed by atoms with Crippen LogP contribution in [0.3, 0.4) is 0 Å². The molecule has 0 radical (unpaired) electrons. The molecule has 1 aromatic heterocycles. The summed E-state index contributed by atoms with van der Waals surface area (Å²) < 4.78 is 21.6. The summed E-state index contributed by atoms with van der Waals surface area (Å²) >= 11 is 0. The summed E-state index contributed by atoms with van der Waals surface area (Å²) in [6, 6.07) is 10.8. The maximum Gasteiger partial charge on any atom is 0.336 e. The molecule has 3 rings (SSSR count). The van der Waals surface area contributed by atoms with Gasteiger partial charge in [0.2, 0.25) is 5.75 Å². The van der Waals surface area contributed by atoms with Crippen LogP contribution in [-0.4, -0.2) is 32.4 Å². The molecule has 0 saturated carbocycles. The van der Waals surface area contributed by atoms with Crippen LogP contribution >= 0.6 is 0 Å². The van der Waals surface area contributed by atoms with Crippen molar-refractivity contribution in [3.8, 4) is 17.2 Å². The lowest BCUT2D eigenvalue weighted by atomic mass is 10.1. The lowest BCUT2D eigenvalue weighted by molar-refractivity contribution is 0.0698. The Kier molecular flexibility index (Phi) is 4.52. The number of furan rings is 1. The monoisotopic (exact) mass is 342 g/mol. The maximum absolute atomic E-state index is 11.6. The molecular weight excluding hydrogens is 324 g/mol. The number of carboxylic acids is 1. The summed E-state index contributed by atoms with van der Waals surface area (Å²) in [5.74, 6) is 1.05. The number of benzene rings is 2. The third-order valence-corrected chi connectivity index (χ3v) is 3.97. The fourth-order valence-electron chi connectivity index (χ4n) is 2.75. The first-order chi connectivity index (χ1) is 12.1. The molecule has 6 nitrogen and oxygen atoms in total. The minimum Gasteiger partial charge on any atom is -0.497 e. The molecule has 0 aliphatic rings. The second-order valence-electron chi connectivity index (χ2n) is 5.45. The van der Waals surface area contributed by atoms with E-state index >= 15 is 0 Å². The normalized spacial score (nSPS) is 10.7. The summed E-state index contributed by atoms with van der Waals surface area (Å²) in [6.45, 7) is 0. The molecule has 1 N–H and O–H groups in total. The zero-order valence-corrected chi connectivity index (χ0v) is 14.2. The lowest BCUT2D eigenvalue weighted by Gasteiger charge is -2.09. The van der Waals surface area contributed by atoms with E-state index in [9.17, 15) is 9.90 Å². The summed E-state index contributed by atoms with van der Waals surface area (Å²) in [5.41, 5.74) is 1.49. The lowest BCUT2D eigenvalue weighted by Crippen LogP contribution is -1.99. The summed E-state index contributed by atoms with van der Waals surface area (Å²) in [6.07, 6.45) is 0.517. The first-order valence-corrected chi connectivity index (χ1v) is 7.61. The largest absolute Gasteiger partial charge is 0.497 e. The molecule has 0 saturated heterocycles. The number of ether oxygens (including phenoxy) is 3. The van der Waals surface area contributed by atoms with Crippen molar-refractivity contribution in [2.24, 2.45) is 0 Å². The quantitative estimate of drug-likeness (QED) is 0.735. The Morgan fingerprint density at radius 2 is 1.76 bits per heavy atom. The molecule has 0 aliphatic heterocycles. The minimum atomic E-state index is -1.05. The molecule has 2 aromatic carbocycles. The fourth-order valence-corrected chi connectivity index (χ4v) is 2.75. The van der Waals surface area contributed by atoms with Crippen molar-refractivity contribution in [3.05, 3.63) is 53.3 Å². The molecule has 0 unspecified atom stereocenters. The number of rotatable bonds is 6. The van der Waals surface area contributed by atoms with E-state index in [1.807, 2.05) is 24.3 Å². The van der Waals surface area contributed by atoms with E-state index in [0.717, 1.165) is 11.3 Å². The zero-order chi connectivity index (χ0) is 18.0. The standard InChI is InChI=1S/C19H18O6/c1-22-12-6-4-11(5-7-12)8-13-9-14-15(19(20)21)10-16(23-2)18(24-3)17(14)25-13/h4-7,9-10H,8H2,1-3H3,(H,20,21). The van der Waals surface area contributed by atoms with Gasteiger partial charge in [-0.15, -0.1) is 0 Å². The molecule has 0 spiro atoms. The van der Waals surface area contributed by atoms with Crippen molar-refractivity contribution in [1.29, 1.82) is 0 Å². The molecule has 0 aliphatic carbocycles. The zero-order valence-electron chi connectivity index (χ0n) is 14.2. The average Bonchev–Trinajstić information content (AvgIpc) is 3.03. The number of hydrogen-bond donors (Lipinski definition) is 1. The number of carboxylic acid groups (broad SMARTS) is 1. The molecule has 0 amide bonds. The molecule has 130 valence electrons. The van der Waals surface area contributed by atoms with Gasteiger partial charge >= 0.3 is 5.97 Å². The van der Waals surface area contributed by atoms with Crippen LogP contribution in [0, 0.1) is 0 Å². The predicted octanol–water partition coefficient (Wildman–Crippen LogP) is 3.75. The van der Waals surface area contributed by atoms with Crippen LogP contribution in [0.25, 0.3) is 11.0 Å². The van der Waals surface area contributed by atoms with Gasteiger partial charge < -0.3 is 23.7 Å². The summed E-state index contributed by atoms with van der Waals surface area (Å²) in [4.78, 5) is 11.6. The number of carbonyl (C=O) groups is 1. The Bertz CT molecular complexity index is 908. The molecule has 1 heterocycles. The Hall–Kier alpha value is -3.15. The predicted molar refractivity (Wildman–Crippen MR) is 92.1 cm³/mol. The molecule has 0 atom stereocenters. The second kappa shape index (κ2) is 6.76. The third kappa shape index (κ3) is 3.10. The summed E-state index contributed by atoms with van der Waals surface area (Å²) in [7, 11) is 4.56. The van der Waals surface area contributed by atoms with Gasteiger partial charge in [0.1, 0.15) is 11.5 Å². The number of fused-ring (bicyclic) bond motifs is 1. The van der Waals surface area contributed by atoms with Gasteiger partial charge in [0.15, 0.2) is 11.3 Å². The Labute approximate surface area is 144 Å². The average molecular weight is 342 g/mol. The third-order valence-electron chi connectivity index (χ3n) is 3.97. The SMILES string of the molecule is COc1ccc(Cc2cc3c(C(=O)O)cc(OC)c(OC)c3o2)cc1. The molecule has 3 aromatic rings. The van der Waals surface area contributed by atoms with Gasteiger partial charge in [-0.1, -0.05) is 12.1 Å². The van der Waals surface area contributed by atoms with E-state index in [1.54, 1.807) is 13.2 Å². The van der Waals surface area contributed by atoms with Gasteiger partial charge in [-0.05, 0) is 29.8 Å². The van der Waals surface area contributed by atoms with Gasteiger partial charge in [0.25, 0.3) is 0 Å². The summed E-state index contributed by atoms with van der Waals surface area (Å²) in [5, 5.41) is 9.95. The topological polar surface area (TPSA) is 78.1 Å². The highest BCUT2D eigenvalue weighted by atomic mass is 16.5. The first-order valence-electron chi connectivity index (χ1n) is 7.61. The van der Waals surface area contributed by atoms with Crippen LogP contribution < -0.4 is 14.2 Å². The van der Waals surface area contributed by atoms with Crippen LogP contribution in [0.5, 0.6) is 17.2 Å². The minimum absolute atomic E-state index is 0.109. The van der Waals surface area contributed by atoms with E-state index in [-0.39, 0.29) is 5.56 Å². The molecule has 6 heteroatoms.